The Kier molecular flexibility index (Phi) is 4.66. The van der Waals surface area contributed by atoms with E-state index in [-0.39, 0.29) is 6.73 Å². The monoisotopic (exact) mass is 164 g/mol. The van der Waals surface area contributed by atoms with Crippen LogP contribution in [0.25, 0.3) is 0 Å². The van der Waals surface area contributed by atoms with E-state index in [2.05, 4.69) is 15.6 Å². The predicted molar refractivity (Wildman–Crippen MR) is 34.0 cm³/mol. The molecule has 0 rings (SSSR count). The molecule has 0 bridgehead atoms. The van der Waals surface area contributed by atoms with E-state index in [4.69, 9.17) is 5.73 Å². The van der Waals surface area contributed by atoms with Crippen molar-refractivity contribution in [2.24, 2.45) is 5.73 Å². The summed E-state index contributed by atoms with van der Waals surface area (Å²) in [5, 5.41) is 0. The van der Waals surface area contributed by atoms with Gasteiger partial charge in [0, 0.05) is 10.6 Å². The summed E-state index contributed by atoms with van der Waals surface area (Å²) in [5.41, 5.74) is 4.82. The maximum absolute atomic E-state index is 10.4. The van der Waals surface area contributed by atoms with Crippen LogP contribution in [0.2, 0.25) is 0 Å². The SMILES string of the molecule is C=CC(=O)O[P+](=O)OCN. The molecule has 10 heavy (non-hydrogen) atoms. The Morgan fingerprint density at radius 1 is 1.80 bits per heavy atom. The molecule has 2 N–H and O–H groups in total. The molecular weight excluding hydrogens is 157 g/mol. The Labute approximate surface area is 58.8 Å². The van der Waals surface area contributed by atoms with Gasteiger partial charge in [-0.3, -0.25) is 0 Å². The van der Waals surface area contributed by atoms with Crippen LogP contribution in [0, 0.1) is 0 Å². The van der Waals surface area contributed by atoms with Crippen LogP contribution in [0.5, 0.6) is 0 Å². The van der Waals surface area contributed by atoms with E-state index in [0.717, 1.165) is 6.08 Å². The van der Waals surface area contributed by atoms with E-state index in [1.807, 2.05) is 0 Å². The van der Waals surface area contributed by atoms with Crippen LogP contribution < -0.4 is 5.73 Å². The lowest BCUT2D eigenvalue weighted by atomic mass is 10.7. The molecule has 0 saturated carbocycles. The Hall–Kier alpha value is -0.770. The number of carbonyl (C=O) groups is 1. The molecule has 0 heterocycles. The van der Waals surface area contributed by atoms with Gasteiger partial charge in [0.05, 0.1) is 0 Å². The second-order valence-electron chi connectivity index (χ2n) is 1.13. The summed E-state index contributed by atoms with van der Waals surface area (Å²) >= 11 is 0. The normalized spacial score (nSPS) is 10.3. The third kappa shape index (κ3) is 4.14. The Morgan fingerprint density at radius 2 is 2.40 bits per heavy atom. The van der Waals surface area contributed by atoms with Gasteiger partial charge in [-0.1, -0.05) is 11.1 Å². The average Bonchev–Trinajstić information content (AvgIpc) is 1.88. The minimum absolute atomic E-state index is 0.250. The molecule has 1 atom stereocenters. The van der Waals surface area contributed by atoms with Crippen molar-refractivity contribution in [3.05, 3.63) is 12.7 Å². The molecule has 0 fully saturated rings. The maximum Gasteiger partial charge on any atom is 0.754 e. The lowest BCUT2D eigenvalue weighted by Gasteiger charge is -1.81. The topological polar surface area (TPSA) is 78.6 Å². The zero-order chi connectivity index (χ0) is 7.98. The fourth-order valence-electron chi connectivity index (χ4n) is 0.198. The minimum atomic E-state index is -2.42. The second kappa shape index (κ2) is 5.05. The number of rotatable bonds is 4. The number of hydrogen-bond donors (Lipinski definition) is 1. The van der Waals surface area contributed by atoms with Crippen molar-refractivity contribution in [3.8, 4) is 0 Å². The van der Waals surface area contributed by atoms with E-state index in [9.17, 15) is 9.36 Å². The van der Waals surface area contributed by atoms with Gasteiger partial charge in [-0.15, -0.1) is 0 Å². The van der Waals surface area contributed by atoms with Crippen LogP contribution in [-0.4, -0.2) is 12.7 Å². The van der Waals surface area contributed by atoms with E-state index < -0.39 is 14.2 Å². The quantitative estimate of drug-likeness (QED) is 0.367. The van der Waals surface area contributed by atoms with Gasteiger partial charge in [-0.2, -0.15) is 4.52 Å². The highest BCUT2D eigenvalue weighted by Gasteiger charge is 2.23. The molecule has 6 heteroatoms. The minimum Gasteiger partial charge on any atom is -0.304 e. The highest BCUT2D eigenvalue weighted by molar-refractivity contribution is 7.34. The van der Waals surface area contributed by atoms with Gasteiger partial charge < -0.3 is 5.73 Å². The molecular formula is C4H7NO4P+. The average molecular weight is 164 g/mol. The lowest BCUT2D eigenvalue weighted by molar-refractivity contribution is -0.129. The molecule has 0 saturated heterocycles. The zero-order valence-electron chi connectivity index (χ0n) is 5.15. The van der Waals surface area contributed by atoms with Gasteiger partial charge in [-0.25, -0.2) is 4.79 Å². The van der Waals surface area contributed by atoms with Crippen LogP contribution in [0.1, 0.15) is 0 Å². The number of carbonyl (C=O) groups excluding carboxylic acids is 1. The first-order valence-electron chi connectivity index (χ1n) is 2.35. The van der Waals surface area contributed by atoms with Crippen LogP contribution in [0.3, 0.4) is 0 Å². The summed E-state index contributed by atoms with van der Waals surface area (Å²) in [7, 11) is -2.42. The van der Waals surface area contributed by atoms with Crippen LogP contribution in [-0.2, 0) is 18.4 Å². The molecule has 0 aromatic rings. The molecule has 0 aromatic carbocycles. The van der Waals surface area contributed by atoms with Crippen LogP contribution in [0.15, 0.2) is 12.7 Å². The molecule has 56 valence electrons. The van der Waals surface area contributed by atoms with Crippen molar-refractivity contribution in [1.82, 2.24) is 0 Å². The Morgan fingerprint density at radius 3 is 2.80 bits per heavy atom. The van der Waals surface area contributed by atoms with Gasteiger partial charge >= 0.3 is 14.2 Å². The molecule has 5 nitrogen and oxygen atoms in total. The van der Waals surface area contributed by atoms with E-state index in [1.54, 1.807) is 0 Å². The van der Waals surface area contributed by atoms with E-state index >= 15 is 0 Å². The molecule has 0 spiro atoms. The van der Waals surface area contributed by atoms with Crippen molar-refractivity contribution in [1.29, 1.82) is 0 Å². The zero-order valence-corrected chi connectivity index (χ0v) is 6.04. The van der Waals surface area contributed by atoms with E-state index in [1.165, 1.54) is 0 Å². The van der Waals surface area contributed by atoms with Crippen LogP contribution >= 0.6 is 8.25 Å². The van der Waals surface area contributed by atoms with Crippen molar-refractivity contribution in [3.63, 3.8) is 0 Å². The third-order valence-corrected chi connectivity index (χ3v) is 1.20. The Bertz CT molecular complexity index is 157. The molecule has 0 aliphatic rings. The summed E-state index contributed by atoms with van der Waals surface area (Å²) < 4.78 is 18.7. The standard InChI is InChI=1S/C4H7NO4P/c1-2-4(6)9-10(7)8-3-5/h2H,1,3,5H2/q+1. The first-order chi connectivity index (χ1) is 4.70. The molecule has 1 unspecified atom stereocenters. The summed E-state index contributed by atoms with van der Waals surface area (Å²) in [6.45, 7) is 2.83. The molecule has 0 radical (unpaired) electrons. The van der Waals surface area contributed by atoms with Crippen molar-refractivity contribution >= 4 is 14.2 Å². The predicted octanol–water partition coefficient (Wildman–Crippen LogP) is 0.306. The van der Waals surface area contributed by atoms with Gasteiger partial charge in [0.25, 0.3) is 0 Å². The Balaban J connectivity index is 3.57. The fourth-order valence-corrected chi connectivity index (χ4v) is 0.594. The lowest BCUT2D eigenvalue weighted by Crippen LogP contribution is -2.01. The van der Waals surface area contributed by atoms with Gasteiger partial charge in [0.2, 0.25) is 0 Å². The first-order valence-corrected chi connectivity index (χ1v) is 3.45. The highest BCUT2D eigenvalue weighted by atomic mass is 31.1. The molecule has 0 aromatic heterocycles. The van der Waals surface area contributed by atoms with Crippen LogP contribution in [0.4, 0.5) is 0 Å². The number of nitrogens with two attached hydrogens (primary N) is 1. The maximum atomic E-state index is 10.4. The smallest absolute Gasteiger partial charge is 0.304 e. The summed E-state index contributed by atoms with van der Waals surface area (Å²) in [5.74, 6) is -0.797. The summed E-state index contributed by atoms with van der Waals surface area (Å²) in [6, 6.07) is 0. The molecule has 0 amide bonds. The largest absolute Gasteiger partial charge is 0.754 e. The van der Waals surface area contributed by atoms with Gasteiger partial charge in [0.15, 0.2) is 6.73 Å². The fraction of sp³-hybridized carbons (Fsp3) is 0.250. The molecule has 0 aliphatic carbocycles. The van der Waals surface area contributed by atoms with Gasteiger partial charge in [-0.05, 0) is 0 Å². The second-order valence-corrected chi connectivity index (χ2v) is 2.02. The first kappa shape index (κ1) is 9.23. The van der Waals surface area contributed by atoms with Gasteiger partial charge in [0.1, 0.15) is 0 Å². The van der Waals surface area contributed by atoms with Crippen molar-refractivity contribution in [2.45, 2.75) is 0 Å². The van der Waals surface area contributed by atoms with Crippen molar-refractivity contribution in [2.75, 3.05) is 6.73 Å². The number of hydrogen-bond acceptors (Lipinski definition) is 5. The third-order valence-electron chi connectivity index (χ3n) is 0.511. The molecule has 0 aliphatic heterocycles. The summed E-state index contributed by atoms with van der Waals surface area (Å²) in [6.07, 6.45) is 0.882. The summed E-state index contributed by atoms with van der Waals surface area (Å²) in [4.78, 5) is 10.3. The highest BCUT2D eigenvalue weighted by Crippen LogP contribution is 2.22. The van der Waals surface area contributed by atoms with E-state index in [0.29, 0.717) is 0 Å². The van der Waals surface area contributed by atoms with Crippen molar-refractivity contribution < 1.29 is 18.4 Å².